The van der Waals surface area contributed by atoms with E-state index in [4.69, 9.17) is 12.2 Å². The molecule has 0 amide bonds. The van der Waals surface area contributed by atoms with Crippen LogP contribution in [0.25, 0.3) is 6.08 Å². The maximum Gasteiger partial charge on any atom is 0.171 e. The number of thiocarbonyl (C=S) groups is 1. The predicted octanol–water partition coefficient (Wildman–Crippen LogP) is 3.91. The molecule has 2 aliphatic rings. The second-order valence-electron chi connectivity index (χ2n) is 6.59. The lowest BCUT2D eigenvalue weighted by Crippen LogP contribution is -2.49. The zero-order valence-electron chi connectivity index (χ0n) is 14.6. The van der Waals surface area contributed by atoms with Crippen molar-refractivity contribution < 1.29 is 0 Å². The lowest BCUT2D eigenvalue weighted by atomic mass is 9.89. The van der Waals surface area contributed by atoms with Gasteiger partial charge in [0.15, 0.2) is 5.11 Å². The summed E-state index contributed by atoms with van der Waals surface area (Å²) in [4.78, 5) is 2.35. The zero-order valence-corrected chi connectivity index (χ0v) is 16.2. The Labute approximate surface area is 166 Å². The maximum atomic E-state index is 5.50. The van der Waals surface area contributed by atoms with Gasteiger partial charge >= 0.3 is 0 Å². The van der Waals surface area contributed by atoms with Crippen molar-refractivity contribution in [2.75, 3.05) is 20.1 Å². The van der Waals surface area contributed by atoms with Gasteiger partial charge in [-0.05, 0) is 47.6 Å². The SMILES string of the molecule is CN1CC2=C(NC(=S)NC2c2ccccc2)/C(=C/c2ccccc2)C1.Cl. The third-order valence-corrected chi connectivity index (χ3v) is 4.88. The molecule has 2 heterocycles. The lowest BCUT2D eigenvalue weighted by Gasteiger charge is -2.39. The summed E-state index contributed by atoms with van der Waals surface area (Å²) in [7, 11) is 2.16. The van der Waals surface area contributed by atoms with Gasteiger partial charge < -0.3 is 10.6 Å². The molecule has 5 heteroatoms. The van der Waals surface area contributed by atoms with Crippen molar-refractivity contribution in [3.63, 3.8) is 0 Å². The van der Waals surface area contributed by atoms with E-state index in [1.54, 1.807) is 0 Å². The van der Waals surface area contributed by atoms with Crippen molar-refractivity contribution in [3.05, 3.63) is 88.6 Å². The maximum absolute atomic E-state index is 5.50. The van der Waals surface area contributed by atoms with Crippen LogP contribution >= 0.6 is 24.6 Å². The van der Waals surface area contributed by atoms with Gasteiger partial charge in [0.2, 0.25) is 0 Å². The normalized spacial score (nSPS) is 21.5. The third-order valence-electron chi connectivity index (χ3n) is 4.66. The fourth-order valence-corrected chi connectivity index (χ4v) is 3.78. The van der Waals surface area contributed by atoms with Crippen molar-refractivity contribution in [1.29, 1.82) is 0 Å². The van der Waals surface area contributed by atoms with Crippen molar-refractivity contribution in [2.24, 2.45) is 0 Å². The molecule has 1 unspecified atom stereocenters. The molecule has 2 aliphatic heterocycles. The Bertz CT molecular complexity index is 846. The average molecular weight is 384 g/mol. The monoisotopic (exact) mass is 383 g/mol. The first-order valence-corrected chi connectivity index (χ1v) is 8.91. The molecule has 0 radical (unpaired) electrons. The number of likely N-dealkylation sites (N-methyl/N-ethyl adjacent to an activating group) is 1. The lowest BCUT2D eigenvalue weighted by molar-refractivity contribution is 0.364. The van der Waals surface area contributed by atoms with Crippen LogP contribution in [-0.4, -0.2) is 30.1 Å². The molecule has 0 spiro atoms. The van der Waals surface area contributed by atoms with Crippen LogP contribution in [0.4, 0.5) is 0 Å². The van der Waals surface area contributed by atoms with Crippen LogP contribution in [0.5, 0.6) is 0 Å². The van der Waals surface area contributed by atoms with E-state index in [0.717, 1.165) is 13.1 Å². The van der Waals surface area contributed by atoms with Gasteiger partial charge in [-0.1, -0.05) is 60.7 Å². The van der Waals surface area contributed by atoms with E-state index in [0.29, 0.717) is 5.11 Å². The summed E-state index contributed by atoms with van der Waals surface area (Å²) in [5.74, 6) is 0. The van der Waals surface area contributed by atoms with Gasteiger partial charge in [0, 0.05) is 18.8 Å². The Kier molecular flexibility index (Phi) is 5.77. The van der Waals surface area contributed by atoms with Crippen LogP contribution in [0.1, 0.15) is 17.2 Å². The van der Waals surface area contributed by atoms with Gasteiger partial charge in [0.05, 0.1) is 6.04 Å². The first kappa shape index (κ1) is 18.6. The molecule has 0 fully saturated rings. The zero-order chi connectivity index (χ0) is 17.2. The highest BCUT2D eigenvalue weighted by atomic mass is 35.5. The van der Waals surface area contributed by atoms with Crippen LogP contribution < -0.4 is 10.6 Å². The van der Waals surface area contributed by atoms with Gasteiger partial charge in [-0.2, -0.15) is 0 Å². The smallest absolute Gasteiger partial charge is 0.171 e. The van der Waals surface area contributed by atoms with E-state index in [-0.39, 0.29) is 18.4 Å². The first-order chi connectivity index (χ1) is 12.2. The summed E-state index contributed by atoms with van der Waals surface area (Å²) in [6, 6.07) is 21.1. The second kappa shape index (κ2) is 8.04. The molecule has 1 atom stereocenters. The van der Waals surface area contributed by atoms with E-state index in [1.807, 2.05) is 12.1 Å². The summed E-state index contributed by atoms with van der Waals surface area (Å²) in [5, 5.41) is 7.55. The van der Waals surface area contributed by atoms with Crippen molar-refractivity contribution >= 4 is 35.8 Å². The number of rotatable bonds is 2. The number of hydrogen-bond donors (Lipinski definition) is 2. The molecule has 0 aliphatic carbocycles. The minimum absolute atomic E-state index is 0. The average Bonchev–Trinajstić information content (AvgIpc) is 2.63. The number of nitrogens with zero attached hydrogens (tertiary/aromatic N) is 1. The molecule has 0 saturated heterocycles. The van der Waals surface area contributed by atoms with E-state index < -0.39 is 0 Å². The van der Waals surface area contributed by atoms with Crippen LogP contribution in [0.3, 0.4) is 0 Å². The van der Waals surface area contributed by atoms with E-state index in [9.17, 15) is 0 Å². The topological polar surface area (TPSA) is 27.3 Å². The summed E-state index contributed by atoms with van der Waals surface area (Å²) in [6.45, 7) is 1.83. The Balaban J connectivity index is 0.00000196. The molecule has 2 aromatic rings. The molecule has 0 aromatic heterocycles. The third kappa shape index (κ3) is 3.83. The van der Waals surface area contributed by atoms with E-state index >= 15 is 0 Å². The summed E-state index contributed by atoms with van der Waals surface area (Å²) >= 11 is 5.50. The van der Waals surface area contributed by atoms with Gasteiger partial charge in [0.25, 0.3) is 0 Å². The minimum atomic E-state index is 0. The quantitative estimate of drug-likeness (QED) is 0.769. The second-order valence-corrected chi connectivity index (χ2v) is 7.00. The van der Waals surface area contributed by atoms with Crippen molar-refractivity contribution in [2.45, 2.75) is 6.04 Å². The predicted molar refractivity (Wildman–Crippen MR) is 114 cm³/mol. The molecule has 2 N–H and O–H groups in total. The Hall–Kier alpha value is -2.14. The number of benzene rings is 2. The number of halogens is 1. The summed E-state index contributed by atoms with van der Waals surface area (Å²) < 4.78 is 0. The molecule has 2 aromatic carbocycles. The molecular formula is C21H22ClN3S. The van der Waals surface area contributed by atoms with E-state index in [1.165, 1.54) is 28.0 Å². The summed E-state index contributed by atoms with van der Waals surface area (Å²) in [6.07, 6.45) is 2.26. The standard InChI is InChI=1S/C21H21N3S.ClH/c1-24-13-17(12-15-8-4-2-5-9-15)20-18(14-24)19(22-21(25)23-20)16-10-6-3-7-11-16;/h2-12,19H,13-14H2,1H3,(H2,22,23,25);1H/b17-12+;. The van der Waals surface area contributed by atoms with Crippen molar-refractivity contribution in [1.82, 2.24) is 15.5 Å². The molecule has 0 bridgehead atoms. The van der Waals surface area contributed by atoms with Crippen LogP contribution in [0.15, 0.2) is 77.5 Å². The number of hydrogen-bond acceptors (Lipinski definition) is 2. The minimum Gasteiger partial charge on any atom is -0.352 e. The largest absolute Gasteiger partial charge is 0.352 e. The highest BCUT2D eigenvalue weighted by molar-refractivity contribution is 7.80. The molecule has 0 saturated carbocycles. The van der Waals surface area contributed by atoms with Crippen LogP contribution in [-0.2, 0) is 0 Å². The molecule has 26 heavy (non-hydrogen) atoms. The van der Waals surface area contributed by atoms with Gasteiger partial charge in [-0.3, -0.25) is 4.90 Å². The van der Waals surface area contributed by atoms with Crippen LogP contribution in [0.2, 0.25) is 0 Å². The molecular weight excluding hydrogens is 362 g/mol. The molecule has 134 valence electrons. The van der Waals surface area contributed by atoms with Crippen molar-refractivity contribution in [3.8, 4) is 0 Å². The van der Waals surface area contributed by atoms with Gasteiger partial charge in [-0.25, -0.2) is 0 Å². The Morgan fingerprint density at radius 2 is 1.65 bits per heavy atom. The van der Waals surface area contributed by atoms with Crippen LogP contribution in [0, 0.1) is 0 Å². The number of nitrogens with one attached hydrogen (secondary N) is 2. The molecule has 4 rings (SSSR count). The Morgan fingerprint density at radius 1 is 1.00 bits per heavy atom. The molecule has 3 nitrogen and oxygen atoms in total. The fourth-order valence-electron chi connectivity index (χ4n) is 3.56. The highest BCUT2D eigenvalue weighted by Gasteiger charge is 2.31. The van der Waals surface area contributed by atoms with Gasteiger partial charge in [0.1, 0.15) is 0 Å². The Morgan fingerprint density at radius 3 is 2.35 bits per heavy atom. The van der Waals surface area contributed by atoms with Gasteiger partial charge in [-0.15, -0.1) is 12.4 Å². The first-order valence-electron chi connectivity index (χ1n) is 8.51. The highest BCUT2D eigenvalue weighted by Crippen LogP contribution is 2.33. The fraction of sp³-hybridized carbons (Fsp3) is 0.190. The summed E-state index contributed by atoms with van der Waals surface area (Å²) in [5.41, 5.74) is 6.25. The van der Waals surface area contributed by atoms with E-state index in [2.05, 4.69) is 77.2 Å².